The second-order valence-corrected chi connectivity index (χ2v) is 7.46. The highest BCUT2D eigenvalue weighted by Crippen LogP contribution is 2.42. The molecule has 0 spiro atoms. The van der Waals surface area contributed by atoms with Gasteiger partial charge in [-0.2, -0.15) is 13.2 Å². The first kappa shape index (κ1) is 9.20. The molecule has 1 saturated carbocycles. The van der Waals surface area contributed by atoms with Crippen LogP contribution in [0.3, 0.4) is 0 Å². The smallest absolute Gasteiger partial charge is 0.391 e. The average Bonchev–Trinajstić information content (AvgIpc) is 3.03. The lowest BCUT2D eigenvalue weighted by Crippen LogP contribution is -2.36. The Bertz CT molecular complexity index is 1940. The van der Waals surface area contributed by atoms with Crippen LogP contribution in [-0.4, -0.2) is 23.6 Å². The molecule has 0 N–H and O–H groups in total. The van der Waals surface area contributed by atoms with Gasteiger partial charge in [-0.25, -0.2) is 0 Å². The summed E-state index contributed by atoms with van der Waals surface area (Å²) in [6.45, 7) is -16.7. The van der Waals surface area contributed by atoms with E-state index in [9.17, 15) is 13.2 Å². The number of hydrogen-bond acceptors (Lipinski definition) is 3. The summed E-state index contributed by atoms with van der Waals surface area (Å²) in [7, 11) is 0. The molecule has 1 saturated heterocycles. The van der Waals surface area contributed by atoms with E-state index in [2.05, 4.69) is 5.16 Å². The van der Waals surface area contributed by atoms with Gasteiger partial charge in [-0.3, -0.25) is 4.90 Å². The molecule has 35 heavy (non-hydrogen) atoms. The highest BCUT2D eigenvalue weighted by atomic mass is 19.4. The van der Waals surface area contributed by atoms with Gasteiger partial charge in [0.1, 0.15) is 6.61 Å². The average molecular weight is 511 g/mol. The summed E-state index contributed by atoms with van der Waals surface area (Å²) in [5.74, 6) is -5.92. The number of oxime groups is 1. The third-order valence-corrected chi connectivity index (χ3v) is 4.98. The minimum Gasteiger partial charge on any atom is -0.391 e. The van der Waals surface area contributed by atoms with E-state index in [0.29, 0.717) is 31.2 Å². The van der Waals surface area contributed by atoms with Gasteiger partial charge in [-0.15, -0.1) is 0 Å². The first-order valence-corrected chi connectivity index (χ1v) is 10.2. The molecule has 0 unspecified atom stereocenters. The Labute approximate surface area is 241 Å². The van der Waals surface area contributed by atoms with Crippen molar-refractivity contribution in [2.75, 3.05) is 13.0 Å². The maximum Gasteiger partial charge on any atom is 0.416 e. The molecule has 1 heterocycles. The number of hydrogen-bond donors (Lipinski definition) is 0. The largest absolute Gasteiger partial charge is 0.416 e. The zero-order valence-electron chi connectivity index (χ0n) is 42.3. The third kappa shape index (κ3) is 6.46. The minimum atomic E-state index is -5.42. The van der Waals surface area contributed by atoms with E-state index < -0.39 is 135 Å². The molecule has 3 nitrogen and oxygen atoms in total. The Kier molecular flexibility index (Phi) is 2.93. The van der Waals surface area contributed by atoms with E-state index in [1.807, 2.05) is 0 Å². The SMILES string of the molecule is [2H]C1C([2H])([2H])N(C([2H])([2H])c2ccc(/C(=N/OCc3ccc(C4C([2H])([2H])C([2H])([2H])C([2H])(C)C([2H])([2H])C4([2H])[2H])c(C(F)(F)F)c3)C([2H])([2H])[2H])cc2C([2H])([2H])C([2H])([2H])[2H])C1([2H])[2H]. The van der Waals surface area contributed by atoms with Crippen molar-refractivity contribution in [3.05, 3.63) is 69.8 Å². The van der Waals surface area contributed by atoms with Crippen LogP contribution in [0.5, 0.6) is 0 Å². The minimum absolute atomic E-state index is 0.0453. The van der Waals surface area contributed by atoms with Crippen molar-refractivity contribution in [2.45, 2.75) is 84.1 Å². The van der Waals surface area contributed by atoms with E-state index in [4.69, 9.17) is 37.7 Å². The van der Waals surface area contributed by atoms with E-state index in [0.717, 1.165) is 12.1 Å². The molecule has 0 aromatic heterocycles. The number of aryl methyl sites for hydroxylation is 1. The fourth-order valence-corrected chi connectivity index (χ4v) is 3.20. The van der Waals surface area contributed by atoms with E-state index in [1.54, 1.807) is 0 Å². The Morgan fingerprint density at radius 1 is 1.17 bits per heavy atom. The van der Waals surface area contributed by atoms with Crippen LogP contribution in [0.25, 0.3) is 0 Å². The zero-order chi connectivity index (χ0) is 46.1. The number of nitrogens with zero attached hydrogens (tertiary/aromatic N) is 2. The first-order chi connectivity index (χ1) is 25.9. The van der Waals surface area contributed by atoms with Crippen LogP contribution < -0.4 is 0 Å². The highest BCUT2D eigenvalue weighted by Gasteiger charge is 2.36. The van der Waals surface area contributed by atoms with Gasteiger partial charge in [0.15, 0.2) is 0 Å². The second-order valence-electron chi connectivity index (χ2n) is 7.46. The van der Waals surface area contributed by atoms with Gasteiger partial charge >= 0.3 is 6.18 Å². The van der Waals surface area contributed by atoms with Crippen molar-refractivity contribution in [1.82, 2.24) is 4.90 Å². The van der Waals surface area contributed by atoms with Crippen LogP contribution in [0.2, 0.25) is 0 Å². The van der Waals surface area contributed by atoms with E-state index in [1.165, 1.54) is 0 Å². The predicted octanol–water partition coefficient (Wildman–Crippen LogP) is 7.71. The molecule has 4 rings (SSSR count). The highest BCUT2D eigenvalue weighted by molar-refractivity contribution is 5.98. The molecular formula is C29H37F3N2O. The topological polar surface area (TPSA) is 24.8 Å². The van der Waals surface area contributed by atoms with Crippen molar-refractivity contribution >= 4 is 5.71 Å². The summed E-state index contributed by atoms with van der Waals surface area (Å²) in [5.41, 5.74) is -7.26. The van der Waals surface area contributed by atoms with E-state index in [-0.39, 0.29) is 4.90 Å². The lowest BCUT2D eigenvalue weighted by atomic mass is 9.78. The molecule has 6 heteroatoms. The summed E-state index contributed by atoms with van der Waals surface area (Å²) >= 11 is 0. The van der Waals surface area contributed by atoms with Crippen LogP contribution in [0.4, 0.5) is 13.2 Å². The van der Waals surface area contributed by atoms with Gasteiger partial charge in [0, 0.05) is 39.4 Å². The number of benzene rings is 2. The number of halogens is 3. The van der Waals surface area contributed by atoms with Gasteiger partial charge in [0.25, 0.3) is 0 Å². The summed E-state index contributed by atoms with van der Waals surface area (Å²) in [4.78, 5) is 5.03. The molecule has 0 bridgehead atoms. The Morgan fingerprint density at radius 3 is 2.69 bits per heavy atom. The summed E-state index contributed by atoms with van der Waals surface area (Å²) < 4.78 is 241. The molecule has 0 radical (unpaired) electrons. The molecule has 190 valence electrons. The van der Waals surface area contributed by atoms with E-state index >= 15 is 0 Å². The monoisotopic (exact) mass is 510 g/mol. The fraction of sp³-hybridized carbons (Fsp3) is 0.552. The van der Waals surface area contributed by atoms with Crippen LogP contribution >= 0.6 is 0 Å². The standard InChI is InChI=1S/C29H37F3N2O/c1-4-23-17-25(11-12-26(23)18-34-14-5-15-34)21(3)33-35-19-22-8-13-27(28(16-22)29(30,31)32)24-9-6-20(2)7-10-24/h8,11-13,16-17,20,24H,4-7,9-10,14-15,18-19H2,1-3H3/b33-21+/i1D3,3D3,4D2,5D,6D2,7D2,9D2,10D2,14D2,15D2,18D2,20D. The molecule has 0 atom stereocenters. The molecule has 2 aliphatic rings. The first-order valence-electron chi connectivity index (χ1n) is 22.3. The lowest BCUT2D eigenvalue weighted by molar-refractivity contribution is -0.138. The zero-order valence-corrected chi connectivity index (χ0v) is 18.3. The van der Waals surface area contributed by atoms with Crippen molar-refractivity contribution in [1.29, 1.82) is 0 Å². The maximum absolute atomic E-state index is 14.6. The molecule has 0 amide bonds. The Hall–Kier alpha value is -2.34. The molecular weight excluding hydrogens is 449 g/mol. The van der Waals surface area contributed by atoms with Gasteiger partial charge in [0.05, 0.1) is 11.3 Å². The number of alkyl halides is 3. The maximum atomic E-state index is 14.6. The number of rotatable bonds is 8. The van der Waals surface area contributed by atoms with Gasteiger partial charge in [-0.05, 0) is 97.1 Å². The Balaban J connectivity index is 1.83. The van der Waals surface area contributed by atoms with Crippen molar-refractivity contribution < 1.29 is 50.9 Å². The van der Waals surface area contributed by atoms with Gasteiger partial charge in [0.2, 0.25) is 0 Å². The van der Waals surface area contributed by atoms with Crippen LogP contribution in [0.15, 0.2) is 41.6 Å². The predicted molar refractivity (Wildman–Crippen MR) is 135 cm³/mol. The molecule has 2 aromatic carbocycles. The normalized spacial score (nSPS) is 44.6. The van der Waals surface area contributed by atoms with Crippen LogP contribution in [0, 0.1) is 5.89 Å². The second kappa shape index (κ2) is 11.2. The Morgan fingerprint density at radius 2 is 1.97 bits per heavy atom. The van der Waals surface area contributed by atoms with Crippen LogP contribution in [0.1, 0.15) is 125 Å². The molecule has 1 aliphatic heterocycles. The molecule has 2 aromatic rings. The summed E-state index contributed by atoms with van der Waals surface area (Å²) in [5, 5.41) is 3.48. The molecule has 2 fully saturated rings. The third-order valence-electron chi connectivity index (χ3n) is 4.98. The molecule has 1 aliphatic carbocycles. The van der Waals surface area contributed by atoms with Crippen LogP contribution in [-0.2, 0) is 30.5 Å². The summed E-state index contributed by atoms with van der Waals surface area (Å²) in [6, 6.07) is 3.68. The quantitative estimate of drug-likeness (QED) is 0.268. The van der Waals surface area contributed by atoms with Gasteiger partial charge < -0.3 is 4.84 Å². The summed E-state index contributed by atoms with van der Waals surface area (Å²) in [6.07, 6.45) is -25.5. The van der Waals surface area contributed by atoms with Gasteiger partial charge in [-0.1, -0.05) is 55.9 Å². The van der Waals surface area contributed by atoms with Crippen molar-refractivity contribution in [3.8, 4) is 0 Å². The fourth-order valence-electron chi connectivity index (χ4n) is 3.20. The van der Waals surface area contributed by atoms with Crippen molar-refractivity contribution in [3.63, 3.8) is 0 Å². The number of likely N-dealkylation sites (tertiary alicyclic amines) is 1. The van der Waals surface area contributed by atoms with Crippen molar-refractivity contribution in [2.24, 2.45) is 11.0 Å². The lowest BCUT2D eigenvalue weighted by Gasteiger charge is -2.31.